The highest BCUT2D eigenvalue weighted by Crippen LogP contribution is 2.41. The Morgan fingerprint density at radius 3 is 2.61 bits per heavy atom. The predicted molar refractivity (Wildman–Crippen MR) is 69.8 cm³/mol. The molecular formula is C11H8N4O2S. The van der Waals surface area contributed by atoms with Crippen molar-refractivity contribution in [3.8, 4) is 6.07 Å². The molecule has 0 unspecified atom stereocenters. The Labute approximate surface area is 106 Å². The van der Waals surface area contributed by atoms with Gasteiger partial charge in [0.05, 0.1) is 4.92 Å². The van der Waals surface area contributed by atoms with E-state index < -0.39 is 4.92 Å². The van der Waals surface area contributed by atoms with Gasteiger partial charge in [0.15, 0.2) is 0 Å². The van der Waals surface area contributed by atoms with Gasteiger partial charge in [0.2, 0.25) is 0 Å². The highest BCUT2D eigenvalue weighted by Gasteiger charge is 2.24. The lowest BCUT2D eigenvalue weighted by Gasteiger charge is -2.02. The molecule has 7 heteroatoms. The third kappa shape index (κ3) is 2.09. The number of thiophene rings is 1. The van der Waals surface area contributed by atoms with E-state index in [2.05, 4.69) is 5.32 Å². The first-order valence-electron chi connectivity index (χ1n) is 4.92. The molecule has 2 rings (SSSR count). The molecular weight excluding hydrogens is 252 g/mol. The van der Waals surface area contributed by atoms with Gasteiger partial charge in [-0.3, -0.25) is 10.1 Å². The second-order valence-electron chi connectivity index (χ2n) is 3.38. The summed E-state index contributed by atoms with van der Waals surface area (Å²) in [5.41, 5.74) is 6.33. The van der Waals surface area contributed by atoms with E-state index in [1.165, 1.54) is 0 Å². The quantitative estimate of drug-likeness (QED) is 0.652. The maximum atomic E-state index is 10.8. The van der Waals surface area contributed by atoms with Crippen LogP contribution in [0.2, 0.25) is 0 Å². The van der Waals surface area contributed by atoms with E-state index >= 15 is 0 Å². The van der Waals surface area contributed by atoms with Gasteiger partial charge >= 0.3 is 5.00 Å². The summed E-state index contributed by atoms with van der Waals surface area (Å²) in [6, 6.07) is 11.0. The van der Waals surface area contributed by atoms with Gasteiger partial charge in [0, 0.05) is 5.69 Å². The molecule has 0 bridgehead atoms. The second kappa shape index (κ2) is 4.73. The van der Waals surface area contributed by atoms with Crippen molar-refractivity contribution in [2.24, 2.45) is 0 Å². The molecule has 90 valence electrons. The molecule has 1 aromatic carbocycles. The Kier molecular flexibility index (Phi) is 3.12. The van der Waals surface area contributed by atoms with Crippen LogP contribution in [0.25, 0.3) is 0 Å². The molecule has 18 heavy (non-hydrogen) atoms. The first kappa shape index (κ1) is 11.9. The molecule has 0 aliphatic heterocycles. The lowest BCUT2D eigenvalue weighted by molar-refractivity contribution is -0.379. The second-order valence-corrected chi connectivity index (χ2v) is 4.38. The van der Waals surface area contributed by atoms with Gasteiger partial charge in [-0.2, -0.15) is 5.26 Å². The third-order valence-electron chi connectivity index (χ3n) is 2.23. The molecule has 1 aromatic heterocycles. The summed E-state index contributed by atoms with van der Waals surface area (Å²) in [5.74, 6) is 0. The number of nitrogens with zero attached hydrogens (tertiary/aromatic N) is 2. The molecule has 0 saturated heterocycles. The van der Waals surface area contributed by atoms with Crippen molar-refractivity contribution < 1.29 is 4.92 Å². The van der Waals surface area contributed by atoms with Crippen LogP contribution >= 0.6 is 11.3 Å². The number of nitrogen functional groups attached to an aromatic ring is 1. The Morgan fingerprint density at radius 1 is 1.39 bits per heavy atom. The monoisotopic (exact) mass is 260 g/mol. The topological polar surface area (TPSA) is 105 Å². The van der Waals surface area contributed by atoms with Gasteiger partial charge in [-0.25, -0.2) is 0 Å². The van der Waals surface area contributed by atoms with Gasteiger partial charge in [-0.1, -0.05) is 18.2 Å². The Balaban J connectivity index is 2.43. The van der Waals surface area contributed by atoms with Crippen LogP contribution in [0.4, 0.5) is 21.4 Å². The van der Waals surface area contributed by atoms with Gasteiger partial charge in [0.1, 0.15) is 22.3 Å². The minimum absolute atomic E-state index is 0.0917. The molecule has 0 aliphatic rings. The normalized spacial score (nSPS) is 9.72. The minimum atomic E-state index is -0.586. The van der Waals surface area contributed by atoms with Crippen LogP contribution in [-0.4, -0.2) is 4.92 Å². The van der Waals surface area contributed by atoms with Crippen LogP contribution in [0.15, 0.2) is 30.3 Å². The van der Waals surface area contributed by atoms with Gasteiger partial charge in [0.25, 0.3) is 0 Å². The number of nitrogens with one attached hydrogen (secondary N) is 1. The lowest BCUT2D eigenvalue weighted by atomic mass is 10.2. The molecule has 0 amide bonds. The summed E-state index contributed by atoms with van der Waals surface area (Å²) in [6.45, 7) is 0. The van der Waals surface area contributed by atoms with E-state index in [9.17, 15) is 10.1 Å². The number of anilines is 3. The number of para-hydroxylation sites is 1. The molecule has 1 heterocycles. The maximum Gasteiger partial charge on any atom is 0.350 e. The van der Waals surface area contributed by atoms with E-state index in [-0.39, 0.29) is 16.3 Å². The van der Waals surface area contributed by atoms with Crippen LogP contribution in [0.3, 0.4) is 0 Å². The number of nitrogens with two attached hydrogens (primary N) is 1. The largest absolute Gasteiger partial charge is 0.391 e. The Bertz CT molecular complexity index is 630. The van der Waals surface area contributed by atoms with Crippen molar-refractivity contribution in [3.63, 3.8) is 0 Å². The summed E-state index contributed by atoms with van der Waals surface area (Å²) < 4.78 is 0. The SMILES string of the molecule is N#Cc1c(Nc2ccccc2)sc([N+](=O)[O-])c1N. The van der Waals surface area contributed by atoms with E-state index in [1.807, 2.05) is 24.3 Å². The van der Waals surface area contributed by atoms with Crippen LogP contribution in [-0.2, 0) is 0 Å². The number of rotatable bonds is 3. The summed E-state index contributed by atoms with van der Waals surface area (Å²) in [7, 11) is 0. The number of nitro groups is 1. The zero-order valence-electron chi connectivity index (χ0n) is 9.08. The van der Waals surface area contributed by atoms with Gasteiger partial charge < -0.3 is 11.1 Å². The van der Waals surface area contributed by atoms with E-state index in [0.717, 1.165) is 17.0 Å². The lowest BCUT2D eigenvalue weighted by Crippen LogP contribution is -1.93. The number of benzene rings is 1. The molecule has 0 aliphatic carbocycles. The van der Waals surface area contributed by atoms with Crippen LogP contribution in [0.1, 0.15) is 5.56 Å². The molecule has 0 atom stereocenters. The Morgan fingerprint density at radius 2 is 2.06 bits per heavy atom. The first-order chi connectivity index (χ1) is 8.63. The molecule has 0 radical (unpaired) electrons. The summed E-state index contributed by atoms with van der Waals surface area (Å²) in [5, 5.41) is 22.9. The van der Waals surface area contributed by atoms with E-state index in [1.54, 1.807) is 12.1 Å². The minimum Gasteiger partial charge on any atom is -0.391 e. The zero-order chi connectivity index (χ0) is 13.1. The maximum absolute atomic E-state index is 10.8. The highest BCUT2D eigenvalue weighted by molar-refractivity contribution is 7.20. The van der Waals surface area contributed by atoms with Crippen molar-refractivity contribution in [1.29, 1.82) is 5.26 Å². The van der Waals surface area contributed by atoms with Gasteiger partial charge in [-0.05, 0) is 23.5 Å². The van der Waals surface area contributed by atoms with Crippen LogP contribution in [0.5, 0.6) is 0 Å². The molecule has 0 fully saturated rings. The molecule has 0 spiro atoms. The summed E-state index contributed by atoms with van der Waals surface area (Å²) >= 11 is 0.856. The molecule has 6 nitrogen and oxygen atoms in total. The Hall–Kier alpha value is -2.59. The van der Waals surface area contributed by atoms with Crippen molar-refractivity contribution in [2.75, 3.05) is 11.1 Å². The first-order valence-corrected chi connectivity index (χ1v) is 5.74. The molecule has 2 aromatic rings. The summed E-state index contributed by atoms with van der Waals surface area (Å²) in [4.78, 5) is 10.2. The standard InChI is InChI=1S/C11H8N4O2S/c12-6-8-9(13)11(15(16)17)18-10(8)14-7-4-2-1-3-5-7/h1-5,14H,13H2. The van der Waals surface area contributed by atoms with Crippen molar-refractivity contribution in [1.82, 2.24) is 0 Å². The fourth-order valence-corrected chi connectivity index (χ4v) is 2.33. The van der Waals surface area contributed by atoms with Crippen molar-refractivity contribution >= 4 is 32.7 Å². The number of nitriles is 1. The summed E-state index contributed by atoms with van der Waals surface area (Å²) in [6.07, 6.45) is 0. The highest BCUT2D eigenvalue weighted by atomic mass is 32.1. The fraction of sp³-hybridized carbons (Fsp3) is 0. The van der Waals surface area contributed by atoms with E-state index in [0.29, 0.717) is 5.00 Å². The average molecular weight is 260 g/mol. The molecule has 3 N–H and O–H groups in total. The fourth-order valence-electron chi connectivity index (χ4n) is 1.42. The number of hydrogen-bond donors (Lipinski definition) is 2. The van der Waals surface area contributed by atoms with Crippen molar-refractivity contribution in [3.05, 3.63) is 46.0 Å². The molecule has 0 saturated carbocycles. The third-order valence-corrected chi connectivity index (χ3v) is 3.31. The van der Waals surface area contributed by atoms with Crippen LogP contribution in [0, 0.1) is 21.4 Å². The zero-order valence-corrected chi connectivity index (χ0v) is 9.90. The number of hydrogen-bond acceptors (Lipinski definition) is 6. The average Bonchev–Trinajstić information content (AvgIpc) is 2.67. The predicted octanol–water partition coefficient (Wildman–Crippen LogP) is 2.85. The van der Waals surface area contributed by atoms with Crippen molar-refractivity contribution in [2.45, 2.75) is 0 Å². The smallest absolute Gasteiger partial charge is 0.350 e. The van der Waals surface area contributed by atoms with Crippen LogP contribution < -0.4 is 11.1 Å². The van der Waals surface area contributed by atoms with E-state index in [4.69, 9.17) is 11.0 Å². The van der Waals surface area contributed by atoms with Gasteiger partial charge in [-0.15, -0.1) is 0 Å².